The van der Waals surface area contributed by atoms with Crippen LogP contribution in [-0.2, 0) is 11.2 Å². The van der Waals surface area contributed by atoms with Gasteiger partial charge in [0.2, 0.25) is 0 Å². The van der Waals surface area contributed by atoms with Crippen molar-refractivity contribution in [1.29, 1.82) is 0 Å². The Bertz CT molecular complexity index is 882. The van der Waals surface area contributed by atoms with Gasteiger partial charge in [-0.3, -0.25) is 9.78 Å². The molecule has 0 saturated carbocycles. The highest BCUT2D eigenvalue weighted by molar-refractivity contribution is 5.94. The molecule has 1 unspecified atom stereocenters. The zero-order valence-electron chi connectivity index (χ0n) is 15.1. The van der Waals surface area contributed by atoms with E-state index in [1.807, 2.05) is 43.3 Å². The number of carbonyl (C=O) groups is 1. The summed E-state index contributed by atoms with van der Waals surface area (Å²) >= 11 is 0. The normalized spacial score (nSPS) is 11.6. The van der Waals surface area contributed by atoms with Crippen molar-refractivity contribution in [2.45, 2.75) is 25.9 Å². The second-order valence-corrected chi connectivity index (χ2v) is 6.16. The number of hydrogen-bond donors (Lipinski definition) is 1. The van der Waals surface area contributed by atoms with Crippen molar-refractivity contribution < 1.29 is 13.9 Å². The number of carbonyl (C=O) groups excluding carboxylic acids is 1. The third-order valence-electron chi connectivity index (χ3n) is 4.15. The van der Waals surface area contributed by atoms with Gasteiger partial charge < -0.3 is 10.1 Å². The summed E-state index contributed by atoms with van der Waals surface area (Å²) in [5, 5.41) is 2.83. The standard InChI is InChI=1S/C22H21FN2O2/c1-2-20(27-21-6-4-3-5-19(21)23)22(26)25-18-9-7-16(8-10-18)15-17-11-13-24-14-12-17/h3-14,20H,2,15H2,1H3,(H,25,26). The average molecular weight is 364 g/mol. The molecule has 5 heteroatoms. The summed E-state index contributed by atoms with van der Waals surface area (Å²) in [6.07, 6.45) is 4.00. The van der Waals surface area contributed by atoms with E-state index in [-0.39, 0.29) is 11.7 Å². The molecular weight excluding hydrogens is 343 g/mol. The van der Waals surface area contributed by atoms with Crippen LogP contribution in [-0.4, -0.2) is 17.0 Å². The molecule has 4 nitrogen and oxygen atoms in total. The first-order valence-corrected chi connectivity index (χ1v) is 8.85. The molecule has 3 rings (SSSR count). The van der Waals surface area contributed by atoms with Crippen LogP contribution in [0.1, 0.15) is 24.5 Å². The van der Waals surface area contributed by atoms with Gasteiger partial charge >= 0.3 is 0 Å². The van der Waals surface area contributed by atoms with Gasteiger partial charge in [-0.2, -0.15) is 0 Å². The van der Waals surface area contributed by atoms with Gasteiger partial charge in [-0.15, -0.1) is 0 Å². The Labute approximate surface area is 158 Å². The Morgan fingerprint density at radius 3 is 2.37 bits per heavy atom. The molecule has 2 aromatic carbocycles. The SMILES string of the molecule is CCC(Oc1ccccc1F)C(=O)Nc1ccc(Cc2ccncc2)cc1. The van der Waals surface area contributed by atoms with Gasteiger partial charge in [-0.25, -0.2) is 4.39 Å². The number of nitrogens with one attached hydrogen (secondary N) is 1. The van der Waals surface area contributed by atoms with Crippen molar-refractivity contribution in [3.8, 4) is 5.75 Å². The number of amides is 1. The van der Waals surface area contributed by atoms with Crippen LogP contribution in [0.25, 0.3) is 0 Å². The Kier molecular flexibility index (Phi) is 6.15. The molecule has 0 aliphatic carbocycles. The molecular formula is C22H21FN2O2. The topological polar surface area (TPSA) is 51.2 Å². The highest BCUT2D eigenvalue weighted by Crippen LogP contribution is 2.19. The summed E-state index contributed by atoms with van der Waals surface area (Å²) in [4.78, 5) is 16.5. The summed E-state index contributed by atoms with van der Waals surface area (Å²) in [6.45, 7) is 1.82. The van der Waals surface area contributed by atoms with Crippen LogP contribution < -0.4 is 10.1 Å². The zero-order valence-corrected chi connectivity index (χ0v) is 15.1. The lowest BCUT2D eigenvalue weighted by atomic mass is 10.1. The molecule has 138 valence electrons. The van der Waals surface area contributed by atoms with Gasteiger partial charge in [-0.05, 0) is 60.4 Å². The summed E-state index contributed by atoms with van der Waals surface area (Å²) in [6, 6.07) is 17.7. The van der Waals surface area contributed by atoms with Crippen LogP contribution in [0, 0.1) is 5.82 Å². The number of rotatable bonds is 7. The van der Waals surface area contributed by atoms with Crippen molar-refractivity contribution in [2.75, 3.05) is 5.32 Å². The first kappa shape index (κ1) is 18.6. The van der Waals surface area contributed by atoms with Crippen LogP contribution in [0.4, 0.5) is 10.1 Å². The van der Waals surface area contributed by atoms with Crippen LogP contribution in [0.3, 0.4) is 0 Å². The third-order valence-corrected chi connectivity index (χ3v) is 4.15. The van der Waals surface area contributed by atoms with Crippen LogP contribution in [0.15, 0.2) is 73.1 Å². The molecule has 0 saturated heterocycles. The molecule has 27 heavy (non-hydrogen) atoms. The smallest absolute Gasteiger partial charge is 0.265 e. The Morgan fingerprint density at radius 1 is 1.04 bits per heavy atom. The van der Waals surface area contributed by atoms with Crippen LogP contribution >= 0.6 is 0 Å². The maximum Gasteiger partial charge on any atom is 0.265 e. The predicted octanol–water partition coefficient (Wildman–Crippen LogP) is 4.61. The monoisotopic (exact) mass is 364 g/mol. The number of hydrogen-bond acceptors (Lipinski definition) is 3. The van der Waals surface area contributed by atoms with Crippen LogP contribution in [0.5, 0.6) is 5.75 Å². The molecule has 0 bridgehead atoms. The van der Waals surface area contributed by atoms with Gasteiger partial charge in [0, 0.05) is 18.1 Å². The number of pyridine rings is 1. The molecule has 1 aromatic heterocycles. The lowest BCUT2D eigenvalue weighted by Crippen LogP contribution is -2.32. The summed E-state index contributed by atoms with van der Waals surface area (Å²) in [5.41, 5.74) is 2.98. The number of halogens is 1. The molecule has 1 N–H and O–H groups in total. The van der Waals surface area contributed by atoms with E-state index in [2.05, 4.69) is 10.3 Å². The van der Waals surface area contributed by atoms with Crippen molar-refractivity contribution in [2.24, 2.45) is 0 Å². The molecule has 1 atom stereocenters. The van der Waals surface area contributed by atoms with Gasteiger partial charge in [0.25, 0.3) is 5.91 Å². The lowest BCUT2D eigenvalue weighted by Gasteiger charge is -2.17. The van der Waals surface area contributed by atoms with E-state index in [9.17, 15) is 9.18 Å². The van der Waals surface area contributed by atoms with Gasteiger partial charge in [-0.1, -0.05) is 31.2 Å². The van der Waals surface area contributed by atoms with E-state index in [1.54, 1.807) is 24.5 Å². The van der Waals surface area contributed by atoms with E-state index in [0.29, 0.717) is 12.1 Å². The minimum Gasteiger partial charge on any atom is -0.478 e. The second kappa shape index (κ2) is 8.94. The number of para-hydroxylation sites is 1. The molecule has 1 amide bonds. The number of nitrogens with zero attached hydrogens (tertiary/aromatic N) is 1. The molecule has 0 fully saturated rings. The van der Waals surface area contributed by atoms with E-state index in [0.717, 1.165) is 12.0 Å². The number of ether oxygens (including phenoxy) is 1. The Hall–Kier alpha value is -3.21. The first-order valence-electron chi connectivity index (χ1n) is 8.85. The van der Waals surface area contributed by atoms with E-state index < -0.39 is 11.9 Å². The highest BCUT2D eigenvalue weighted by atomic mass is 19.1. The Balaban J connectivity index is 1.61. The van der Waals surface area contributed by atoms with Crippen LogP contribution in [0.2, 0.25) is 0 Å². The molecule has 0 aliphatic heterocycles. The van der Waals surface area contributed by atoms with E-state index >= 15 is 0 Å². The number of anilines is 1. The van der Waals surface area contributed by atoms with Gasteiger partial charge in [0.05, 0.1) is 0 Å². The molecule has 1 heterocycles. The number of aromatic nitrogens is 1. The van der Waals surface area contributed by atoms with Gasteiger partial charge in [0.1, 0.15) is 0 Å². The zero-order chi connectivity index (χ0) is 19.1. The molecule has 0 aliphatic rings. The average Bonchev–Trinajstić information content (AvgIpc) is 2.69. The maximum atomic E-state index is 13.7. The minimum absolute atomic E-state index is 0.0761. The minimum atomic E-state index is -0.765. The first-order chi connectivity index (χ1) is 13.2. The van der Waals surface area contributed by atoms with Gasteiger partial charge in [0.15, 0.2) is 17.7 Å². The van der Waals surface area contributed by atoms with Crippen molar-refractivity contribution in [3.05, 3.63) is 90.0 Å². The lowest BCUT2D eigenvalue weighted by molar-refractivity contribution is -0.122. The summed E-state index contributed by atoms with van der Waals surface area (Å²) in [5.74, 6) is -0.709. The largest absolute Gasteiger partial charge is 0.478 e. The number of benzene rings is 2. The molecule has 0 spiro atoms. The van der Waals surface area contributed by atoms with Crippen molar-refractivity contribution in [1.82, 2.24) is 4.98 Å². The summed E-state index contributed by atoms with van der Waals surface area (Å²) in [7, 11) is 0. The molecule has 3 aromatic rings. The fourth-order valence-corrected chi connectivity index (χ4v) is 2.68. The molecule has 0 radical (unpaired) electrons. The second-order valence-electron chi connectivity index (χ2n) is 6.16. The maximum absolute atomic E-state index is 13.7. The van der Waals surface area contributed by atoms with Crippen molar-refractivity contribution in [3.63, 3.8) is 0 Å². The Morgan fingerprint density at radius 2 is 1.70 bits per heavy atom. The highest BCUT2D eigenvalue weighted by Gasteiger charge is 2.20. The van der Waals surface area contributed by atoms with E-state index in [4.69, 9.17) is 4.74 Å². The van der Waals surface area contributed by atoms with E-state index in [1.165, 1.54) is 17.7 Å². The quantitative estimate of drug-likeness (QED) is 0.666. The fraction of sp³-hybridized carbons (Fsp3) is 0.182. The predicted molar refractivity (Wildman–Crippen MR) is 103 cm³/mol. The van der Waals surface area contributed by atoms with Crippen molar-refractivity contribution >= 4 is 11.6 Å². The third kappa shape index (κ3) is 5.14. The summed E-state index contributed by atoms with van der Waals surface area (Å²) < 4.78 is 19.3. The fourth-order valence-electron chi connectivity index (χ4n) is 2.68.